The lowest BCUT2D eigenvalue weighted by atomic mass is 9.54. The van der Waals surface area contributed by atoms with Gasteiger partial charge in [0.15, 0.2) is 5.41 Å². The van der Waals surface area contributed by atoms with E-state index < -0.39 is 17.3 Å². The first-order valence-corrected chi connectivity index (χ1v) is 8.80. The molecule has 1 fully saturated rings. The van der Waals surface area contributed by atoms with E-state index in [0.29, 0.717) is 23.7 Å². The van der Waals surface area contributed by atoms with Gasteiger partial charge >= 0.3 is 0 Å². The first kappa shape index (κ1) is 18.4. The van der Waals surface area contributed by atoms with Crippen LogP contribution in [0.25, 0.3) is 0 Å². The van der Waals surface area contributed by atoms with Crippen molar-refractivity contribution in [2.75, 3.05) is 20.1 Å². The molecule has 1 saturated carbocycles. The Morgan fingerprint density at radius 3 is 2.54 bits per heavy atom. The molecular formula is C19H15Cl2N5. The van der Waals surface area contributed by atoms with Crippen LogP contribution in [0.4, 0.5) is 0 Å². The molecule has 3 rings (SSSR count). The van der Waals surface area contributed by atoms with Gasteiger partial charge < -0.3 is 10.3 Å². The highest BCUT2D eigenvalue weighted by atomic mass is 35.5. The maximum atomic E-state index is 9.94. The zero-order valence-electron chi connectivity index (χ0n) is 14.0. The number of nitriles is 3. The molecule has 0 spiro atoms. The lowest BCUT2D eigenvalue weighted by Gasteiger charge is -2.47. The summed E-state index contributed by atoms with van der Waals surface area (Å²) in [5, 5.41) is 38.7. The van der Waals surface area contributed by atoms with E-state index in [1.807, 2.05) is 25.3 Å². The number of hydrogen-bond acceptors (Lipinski definition) is 5. The van der Waals surface area contributed by atoms with Crippen molar-refractivity contribution in [1.29, 1.82) is 21.2 Å². The highest BCUT2D eigenvalue weighted by Gasteiger charge is 2.58. The molecule has 0 bridgehead atoms. The van der Waals surface area contributed by atoms with Gasteiger partial charge in [0.25, 0.3) is 0 Å². The van der Waals surface area contributed by atoms with Crippen molar-refractivity contribution >= 4 is 28.9 Å². The maximum Gasteiger partial charge on any atom is 0.189 e. The molecule has 0 radical (unpaired) electrons. The summed E-state index contributed by atoms with van der Waals surface area (Å²) in [6.45, 7) is 1.22. The Morgan fingerprint density at radius 2 is 1.92 bits per heavy atom. The Hall–Kier alpha value is -2.36. The largest absolute Gasteiger partial charge is 0.305 e. The fourth-order valence-corrected chi connectivity index (χ4v) is 4.48. The predicted octanol–water partition coefficient (Wildman–Crippen LogP) is 3.77. The quantitative estimate of drug-likeness (QED) is 0.745. The smallest absolute Gasteiger partial charge is 0.189 e. The van der Waals surface area contributed by atoms with E-state index in [0.717, 1.165) is 5.57 Å². The summed E-state index contributed by atoms with van der Waals surface area (Å²) < 4.78 is 0. The number of nitrogens with one attached hydrogen (secondary N) is 1. The number of benzene rings is 1. The van der Waals surface area contributed by atoms with E-state index in [4.69, 9.17) is 28.6 Å². The second-order valence-electron chi connectivity index (χ2n) is 6.66. The molecule has 7 heteroatoms. The molecule has 0 aromatic heterocycles. The minimum absolute atomic E-state index is 0.182. The van der Waals surface area contributed by atoms with Gasteiger partial charge in [-0.15, -0.1) is 0 Å². The van der Waals surface area contributed by atoms with Crippen molar-refractivity contribution in [2.24, 2.45) is 17.3 Å². The van der Waals surface area contributed by atoms with E-state index in [9.17, 15) is 15.8 Å². The Kier molecular flexibility index (Phi) is 4.78. The van der Waals surface area contributed by atoms with Crippen LogP contribution >= 0.6 is 23.2 Å². The number of likely N-dealkylation sites (N-methyl/N-ethyl adjacent to an activating group) is 1. The fraction of sp³-hybridized carbons (Fsp3) is 0.368. The van der Waals surface area contributed by atoms with Gasteiger partial charge in [-0.2, -0.15) is 15.8 Å². The van der Waals surface area contributed by atoms with Gasteiger partial charge in [-0.3, -0.25) is 0 Å². The van der Waals surface area contributed by atoms with Crippen LogP contribution in [0.15, 0.2) is 29.8 Å². The second kappa shape index (κ2) is 6.75. The first-order valence-electron chi connectivity index (χ1n) is 8.04. The number of rotatable bonds is 1. The Morgan fingerprint density at radius 1 is 1.23 bits per heavy atom. The monoisotopic (exact) mass is 383 g/mol. The summed E-state index contributed by atoms with van der Waals surface area (Å²) in [5.74, 6) is -1.82. The second-order valence-corrected chi connectivity index (χ2v) is 7.45. The number of fused-ring (bicyclic) bond motifs is 1. The SMILES string of the molecule is CN1CC=C2C(C#N)C(=N)C(C#N)(C#N)[C@@H](c3cccc(Cl)c3Cl)[C@@H]2C1. The minimum Gasteiger partial charge on any atom is -0.305 e. The van der Waals surface area contributed by atoms with E-state index in [2.05, 4.69) is 11.0 Å². The molecule has 26 heavy (non-hydrogen) atoms. The van der Waals surface area contributed by atoms with Crippen LogP contribution in [0, 0.1) is 56.7 Å². The molecule has 1 heterocycles. The van der Waals surface area contributed by atoms with Crippen molar-refractivity contribution in [2.45, 2.75) is 5.92 Å². The number of halogens is 2. The first-order chi connectivity index (χ1) is 12.4. The number of nitrogens with zero attached hydrogens (tertiary/aromatic N) is 4. The van der Waals surface area contributed by atoms with E-state index >= 15 is 0 Å². The van der Waals surface area contributed by atoms with Crippen molar-refractivity contribution in [1.82, 2.24) is 4.90 Å². The van der Waals surface area contributed by atoms with Crippen LogP contribution in [0.5, 0.6) is 0 Å². The molecular weight excluding hydrogens is 369 g/mol. The molecule has 0 amide bonds. The van der Waals surface area contributed by atoms with Gasteiger partial charge in [0.1, 0.15) is 5.92 Å². The maximum absolute atomic E-state index is 9.94. The highest BCUT2D eigenvalue weighted by molar-refractivity contribution is 6.42. The van der Waals surface area contributed by atoms with Gasteiger partial charge in [0.05, 0.1) is 34.0 Å². The van der Waals surface area contributed by atoms with Crippen molar-refractivity contribution in [3.05, 3.63) is 45.5 Å². The molecule has 1 aliphatic heterocycles. The predicted molar refractivity (Wildman–Crippen MR) is 98.8 cm³/mol. The van der Waals surface area contributed by atoms with E-state index in [1.54, 1.807) is 18.2 Å². The van der Waals surface area contributed by atoms with Gasteiger partial charge in [-0.05, 0) is 24.3 Å². The summed E-state index contributed by atoms with van der Waals surface area (Å²) in [7, 11) is 1.94. The molecule has 1 aromatic rings. The molecule has 1 aliphatic carbocycles. The average Bonchev–Trinajstić information content (AvgIpc) is 2.64. The van der Waals surface area contributed by atoms with Gasteiger partial charge in [0.2, 0.25) is 0 Å². The van der Waals surface area contributed by atoms with E-state index in [-0.39, 0.29) is 16.7 Å². The average molecular weight is 384 g/mol. The molecule has 2 aliphatic rings. The summed E-state index contributed by atoms with van der Waals surface area (Å²) in [4.78, 5) is 2.06. The van der Waals surface area contributed by atoms with Gasteiger partial charge in [-0.25, -0.2) is 0 Å². The van der Waals surface area contributed by atoms with Crippen LogP contribution in [-0.4, -0.2) is 30.7 Å². The zero-order chi connectivity index (χ0) is 19.1. The molecule has 1 unspecified atom stereocenters. The Bertz CT molecular complexity index is 917. The molecule has 130 valence electrons. The normalized spacial score (nSPS) is 27.5. The molecule has 1 N–H and O–H groups in total. The lowest BCUT2D eigenvalue weighted by Crippen LogP contribution is -2.52. The molecule has 1 aromatic carbocycles. The summed E-state index contributed by atoms with van der Waals surface area (Å²) in [6.07, 6.45) is 1.93. The lowest BCUT2D eigenvalue weighted by molar-refractivity contribution is 0.235. The van der Waals surface area contributed by atoms with Crippen LogP contribution in [0.1, 0.15) is 11.5 Å². The zero-order valence-corrected chi connectivity index (χ0v) is 15.5. The minimum atomic E-state index is -1.77. The van der Waals surface area contributed by atoms with Crippen molar-refractivity contribution in [3.63, 3.8) is 0 Å². The molecule has 3 atom stereocenters. The summed E-state index contributed by atoms with van der Waals surface area (Å²) in [6, 6.07) is 11.3. The molecule has 5 nitrogen and oxygen atoms in total. The topological polar surface area (TPSA) is 98.5 Å². The van der Waals surface area contributed by atoms with Crippen LogP contribution in [-0.2, 0) is 0 Å². The third-order valence-electron chi connectivity index (χ3n) is 5.29. The van der Waals surface area contributed by atoms with Gasteiger partial charge in [-0.1, -0.05) is 41.4 Å². The standard InChI is InChI=1S/C19H15Cl2N5/c1-26-6-5-11-13(7-22)18(25)19(9-23,10-24)16(14(11)8-26)12-3-2-4-15(20)17(12)21/h2-5,13-14,16,25H,6,8H2,1H3/t13?,14-,16+/m1/s1. The van der Waals surface area contributed by atoms with Crippen molar-refractivity contribution in [3.8, 4) is 18.2 Å². The van der Waals surface area contributed by atoms with Crippen LogP contribution in [0.2, 0.25) is 10.0 Å². The van der Waals surface area contributed by atoms with Crippen molar-refractivity contribution < 1.29 is 0 Å². The third kappa shape index (κ3) is 2.51. The Labute approximate surface area is 162 Å². The molecule has 0 saturated heterocycles. The summed E-state index contributed by atoms with van der Waals surface area (Å²) >= 11 is 12.6. The third-order valence-corrected chi connectivity index (χ3v) is 6.12. The van der Waals surface area contributed by atoms with Crippen LogP contribution in [0.3, 0.4) is 0 Å². The number of hydrogen-bond donors (Lipinski definition) is 1. The van der Waals surface area contributed by atoms with Gasteiger partial charge in [0, 0.05) is 24.9 Å². The summed E-state index contributed by atoms with van der Waals surface area (Å²) in [5.41, 5.74) is -0.597. The highest BCUT2D eigenvalue weighted by Crippen LogP contribution is 2.54. The van der Waals surface area contributed by atoms with Crippen LogP contribution < -0.4 is 0 Å². The fourth-order valence-electron chi connectivity index (χ4n) is 4.06. The van der Waals surface area contributed by atoms with E-state index in [1.165, 1.54) is 0 Å². The Balaban J connectivity index is 2.32.